The molecule has 14 heavy (non-hydrogen) atoms. The molecule has 0 fully saturated rings. The van der Waals surface area contributed by atoms with Crippen LogP contribution in [-0.2, 0) is 11.2 Å². The minimum absolute atomic E-state index is 0.450. The van der Waals surface area contributed by atoms with Gasteiger partial charge in [0, 0.05) is 12.0 Å². The van der Waals surface area contributed by atoms with Gasteiger partial charge in [-0.05, 0) is 13.8 Å². The maximum absolute atomic E-state index is 10.6. The number of nitrogens with two attached hydrogens (primary N) is 1. The van der Waals surface area contributed by atoms with Gasteiger partial charge in [0.1, 0.15) is 10.8 Å². The van der Waals surface area contributed by atoms with Crippen LogP contribution in [-0.4, -0.2) is 21.9 Å². The van der Waals surface area contributed by atoms with Gasteiger partial charge in [0.05, 0.1) is 6.20 Å². The van der Waals surface area contributed by atoms with E-state index in [4.69, 9.17) is 22.1 Å². The van der Waals surface area contributed by atoms with Crippen LogP contribution in [0.4, 0.5) is 4.79 Å². The van der Waals surface area contributed by atoms with Gasteiger partial charge in [0.25, 0.3) is 0 Å². The van der Waals surface area contributed by atoms with E-state index >= 15 is 0 Å². The highest BCUT2D eigenvalue weighted by Gasteiger charge is 2.24. The van der Waals surface area contributed by atoms with E-state index in [9.17, 15) is 4.79 Å². The Morgan fingerprint density at radius 3 is 2.86 bits per heavy atom. The van der Waals surface area contributed by atoms with Crippen LogP contribution in [0.1, 0.15) is 19.4 Å². The fourth-order valence-corrected chi connectivity index (χ4v) is 1.35. The molecule has 5 nitrogen and oxygen atoms in total. The molecule has 0 saturated carbocycles. The number of aromatic amines is 1. The van der Waals surface area contributed by atoms with Gasteiger partial charge < -0.3 is 10.5 Å². The zero-order valence-electron chi connectivity index (χ0n) is 8.00. The summed E-state index contributed by atoms with van der Waals surface area (Å²) < 4.78 is 4.90. The van der Waals surface area contributed by atoms with Gasteiger partial charge in [-0.25, -0.2) is 4.79 Å². The predicted octanol–water partition coefficient (Wildman–Crippen LogP) is 1.48. The van der Waals surface area contributed by atoms with E-state index in [-0.39, 0.29) is 0 Å². The third kappa shape index (κ3) is 2.92. The SMILES string of the molecule is CC(C)(Cc1cn[nH]c1Cl)OC(N)=O. The Kier molecular flexibility index (Phi) is 3.00. The molecular formula is C8H12ClN3O2. The molecule has 1 aromatic rings. The topological polar surface area (TPSA) is 81.0 Å². The van der Waals surface area contributed by atoms with Crippen molar-refractivity contribution in [3.8, 4) is 0 Å². The number of carbonyl (C=O) groups excluding carboxylic acids is 1. The second-order valence-corrected chi connectivity index (χ2v) is 3.94. The summed E-state index contributed by atoms with van der Waals surface area (Å²) >= 11 is 5.79. The smallest absolute Gasteiger partial charge is 0.405 e. The van der Waals surface area contributed by atoms with E-state index in [2.05, 4.69) is 10.2 Å². The zero-order chi connectivity index (χ0) is 10.8. The Labute approximate surface area is 86.6 Å². The Balaban J connectivity index is 2.68. The molecule has 0 radical (unpaired) electrons. The maximum Gasteiger partial charge on any atom is 0.405 e. The molecule has 78 valence electrons. The average Bonchev–Trinajstić information content (AvgIpc) is 2.32. The summed E-state index contributed by atoms with van der Waals surface area (Å²) in [5.74, 6) is 0. The molecule has 1 amide bonds. The first-order valence-electron chi connectivity index (χ1n) is 4.07. The lowest BCUT2D eigenvalue weighted by Crippen LogP contribution is -2.33. The summed E-state index contributed by atoms with van der Waals surface area (Å²) in [4.78, 5) is 10.6. The molecule has 0 aliphatic rings. The number of ether oxygens (including phenoxy) is 1. The number of H-pyrrole nitrogens is 1. The van der Waals surface area contributed by atoms with E-state index in [0.29, 0.717) is 11.6 Å². The Morgan fingerprint density at radius 2 is 2.43 bits per heavy atom. The third-order valence-corrected chi connectivity index (χ3v) is 1.99. The second-order valence-electron chi connectivity index (χ2n) is 3.57. The number of hydrogen-bond acceptors (Lipinski definition) is 3. The van der Waals surface area contributed by atoms with Crippen LogP contribution in [0, 0.1) is 0 Å². The second kappa shape index (κ2) is 3.88. The number of halogens is 1. The summed E-state index contributed by atoms with van der Waals surface area (Å²) in [5, 5.41) is 6.79. The minimum Gasteiger partial charge on any atom is -0.443 e. The number of hydrogen-bond donors (Lipinski definition) is 2. The highest BCUT2D eigenvalue weighted by atomic mass is 35.5. The number of carbonyl (C=O) groups is 1. The standard InChI is InChI=1S/C8H12ClN3O2/c1-8(2,14-7(10)13)3-5-4-11-12-6(5)9/h4H,3H2,1-2H3,(H2,10,13)(H,11,12). The molecule has 3 N–H and O–H groups in total. The van der Waals surface area contributed by atoms with E-state index in [1.807, 2.05) is 0 Å². The van der Waals surface area contributed by atoms with Crippen molar-refractivity contribution >= 4 is 17.7 Å². The maximum atomic E-state index is 10.6. The number of primary amides is 1. The summed E-state index contributed by atoms with van der Waals surface area (Å²) in [6.07, 6.45) is 1.26. The molecular weight excluding hydrogens is 206 g/mol. The van der Waals surface area contributed by atoms with E-state index in [1.54, 1.807) is 20.0 Å². The lowest BCUT2D eigenvalue weighted by Gasteiger charge is -2.23. The summed E-state index contributed by atoms with van der Waals surface area (Å²) in [5.41, 5.74) is 5.04. The monoisotopic (exact) mass is 217 g/mol. The minimum atomic E-state index is -0.797. The lowest BCUT2D eigenvalue weighted by atomic mass is 10.0. The van der Waals surface area contributed by atoms with Crippen molar-refractivity contribution in [1.82, 2.24) is 10.2 Å². The number of nitrogens with zero attached hydrogens (tertiary/aromatic N) is 1. The summed E-state index contributed by atoms with van der Waals surface area (Å²) in [6.45, 7) is 3.50. The van der Waals surface area contributed by atoms with Crippen LogP contribution in [0.2, 0.25) is 5.15 Å². The highest BCUT2D eigenvalue weighted by molar-refractivity contribution is 6.30. The molecule has 0 aromatic carbocycles. The van der Waals surface area contributed by atoms with Gasteiger partial charge in [0.2, 0.25) is 0 Å². The van der Waals surface area contributed by atoms with Gasteiger partial charge in [-0.15, -0.1) is 0 Å². The number of rotatable bonds is 3. The largest absolute Gasteiger partial charge is 0.443 e. The van der Waals surface area contributed by atoms with Crippen molar-refractivity contribution in [2.24, 2.45) is 5.73 Å². The Morgan fingerprint density at radius 1 is 1.79 bits per heavy atom. The molecule has 1 rings (SSSR count). The third-order valence-electron chi connectivity index (χ3n) is 1.66. The first-order valence-corrected chi connectivity index (χ1v) is 4.45. The number of amides is 1. The van der Waals surface area contributed by atoms with Crippen molar-refractivity contribution in [2.75, 3.05) is 0 Å². The first-order chi connectivity index (χ1) is 6.41. The van der Waals surface area contributed by atoms with Gasteiger partial charge in [0.15, 0.2) is 0 Å². The molecule has 0 atom stereocenters. The van der Waals surface area contributed by atoms with Crippen molar-refractivity contribution in [3.63, 3.8) is 0 Å². The van der Waals surface area contributed by atoms with Gasteiger partial charge in [-0.3, -0.25) is 5.10 Å². The molecule has 6 heteroatoms. The van der Waals surface area contributed by atoms with Crippen LogP contribution < -0.4 is 5.73 Å². The van der Waals surface area contributed by atoms with Crippen molar-refractivity contribution in [1.29, 1.82) is 0 Å². The van der Waals surface area contributed by atoms with Crippen LogP contribution in [0.5, 0.6) is 0 Å². The summed E-state index contributed by atoms with van der Waals surface area (Å²) in [6, 6.07) is 0. The van der Waals surface area contributed by atoms with Gasteiger partial charge in [-0.2, -0.15) is 5.10 Å². The molecule has 0 aliphatic heterocycles. The first kappa shape index (κ1) is 10.8. The van der Waals surface area contributed by atoms with Crippen molar-refractivity contribution in [3.05, 3.63) is 16.9 Å². The lowest BCUT2D eigenvalue weighted by molar-refractivity contribution is 0.0460. The van der Waals surface area contributed by atoms with Gasteiger partial charge in [-0.1, -0.05) is 11.6 Å². The Bertz CT molecular complexity index is 335. The predicted molar refractivity (Wildman–Crippen MR) is 52.0 cm³/mol. The molecule has 1 heterocycles. The highest BCUT2D eigenvalue weighted by Crippen LogP contribution is 2.21. The molecule has 0 saturated heterocycles. The molecule has 0 spiro atoms. The number of nitrogens with one attached hydrogen (secondary N) is 1. The van der Waals surface area contributed by atoms with E-state index in [0.717, 1.165) is 5.56 Å². The quantitative estimate of drug-likeness (QED) is 0.805. The normalized spacial score (nSPS) is 11.4. The zero-order valence-corrected chi connectivity index (χ0v) is 8.76. The van der Waals surface area contributed by atoms with Crippen LogP contribution >= 0.6 is 11.6 Å². The fraction of sp³-hybridized carbons (Fsp3) is 0.500. The summed E-state index contributed by atoms with van der Waals surface area (Å²) in [7, 11) is 0. The Hall–Kier alpha value is -1.23. The molecule has 0 unspecified atom stereocenters. The molecule has 0 aliphatic carbocycles. The molecule has 1 aromatic heterocycles. The average molecular weight is 218 g/mol. The van der Waals surface area contributed by atoms with Crippen LogP contribution in [0.3, 0.4) is 0 Å². The van der Waals surface area contributed by atoms with Crippen molar-refractivity contribution in [2.45, 2.75) is 25.9 Å². The van der Waals surface area contributed by atoms with Crippen molar-refractivity contribution < 1.29 is 9.53 Å². The van der Waals surface area contributed by atoms with Crippen LogP contribution in [0.15, 0.2) is 6.20 Å². The number of aromatic nitrogens is 2. The van der Waals surface area contributed by atoms with Gasteiger partial charge >= 0.3 is 6.09 Å². The fourth-order valence-electron chi connectivity index (χ4n) is 1.19. The van der Waals surface area contributed by atoms with Crippen LogP contribution in [0.25, 0.3) is 0 Å². The van der Waals surface area contributed by atoms with E-state index in [1.165, 1.54) is 0 Å². The molecule has 0 bridgehead atoms. The van der Waals surface area contributed by atoms with E-state index < -0.39 is 11.7 Å².